The van der Waals surface area contributed by atoms with Crippen LogP contribution in [-0.4, -0.2) is 17.5 Å². The van der Waals surface area contributed by atoms with Gasteiger partial charge < -0.3 is 5.32 Å². The number of halogens is 2. The van der Waals surface area contributed by atoms with Gasteiger partial charge in [0.15, 0.2) is 0 Å². The highest BCUT2D eigenvalue weighted by atomic mass is 32.2. The smallest absolute Gasteiger partial charge is 0.146 e. The van der Waals surface area contributed by atoms with E-state index in [0.717, 1.165) is 24.3 Å². The highest BCUT2D eigenvalue weighted by Crippen LogP contribution is 2.24. The van der Waals surface area contributed by atoms with Gasteiger partial charge in [-0.1, -0.05) is 0 Å². The van der Waals surface area contributed by atoms with Crippen LogP contribution in [-0.2, 0) is 0 Å². The molecule has 0 aromatic heterocycles. The molecule has 0 saturated carbocycles. The molecular weight excluding hydrogens is 228 g/mol. The van der Waals surface area contributed by atoms with Gasteiger partial charge in [0.25, 0.3) is 0 Å². The van der Waals surface area contributed by atoms with E-state index >= 15 is 0 Å². The fourth-order valence-electron chi connectivity index (χ4n) is 1.82. The minimum atomic E-state index is -0.364. The molecule has 1 saturated heterocycles. The molecular formula is C12H15F2NS. The Hall–Kier alpha value is -0.770. The maximum absolute atomic E-state index is 13.6. The van der Waals surface area contributed by atoms with Crippen LogP contribution < -0.4 is 5.32 Å². The van der Waals surface area contributed by atoms with E-state index in [9.17, 15) is 8.78 Å². The van der Waals surface area contributed by atoms with Gasteiger partial charge >= 0.3 is 0 Å². The van der Waals surface area contributed by atoms with Crippen LogP contribution in [0.2, 0.25) is 0 Å². The minimum Gasteiger partial charge on any atom is -0.380 e. The molecule has 1 aliphatic rings. The van der Waals surface area contributed by atoms with Crippen LogP contribution in [0.4, 0.5) is 14.5 Å². The lowest BCUT2D eigenvalue weighted by Crippen LogP contribution is -2.25. The molecule has 1 N–H and O–H groups in total. The van der Waals surface area contributed by atoms with Gasteiger partial charge in [0, 0.05) is 12.1 Å². The Balaban J connectivity index is 2.11. The second-order valence-electron chi connectivity index (χ2n) is 4.11. The van der Waals surface area contributed by atoms with Crippen LogP contribution in [0.1, 0.15) is 18.4 Å². The molecule has 0 aliphatic carbocycles. The summed E-state index contributed by atoms with van der Waals surface area (Å²) in [6, 6.07) is 2.78. The fraction of sp³-hybridized carbons (Fsp3) is 0.500. The molecule has 0 bridgehead atoms. The summed E-state index contributed by atoms with van der Waals surface area (Å²) in [5.74, 6) is 1.47. The summed E-state index contributed by atoms with van der Waals surface area (Å²) in [5, 5.41) is 3.09. The predicted octanol–water partition coefficient (Wildman–Crippen LogP) is 3.58. The van der Waals surface area contributed by atoms with Gasteiger partial charge in [0.2, 0.25) is 0 Å². The van der Waals surface area contributed by atoms with Crippen molar-refractivity contribution in [2.45, 2.75) is 25.8 Å². The largest absolute Gasteiger partial charge is 0.380 e. The SMILES string of the molecule is Cc1cc(F)c(NC2CCSCC2)cc1F. The zero-order valence-corrected chi connectivity index (χ0v) is 10.0. The van der Waals surface area contributed by atoms with Crippen molar-refractivity contribution < 1.29 is 8.78 Å². The van der Waals surface area contributed by atoms with Gasteiger partial charge in [-0.3, -0.25) is 0 Å². The van der Waals surface area contributed by atoms with Gasteiger partial charge in [-0.15, -0.1) is 0 Å². The van der Waals surface area contributed by atoms with E-state index in [-0.39, 0.29) is 17.7 Å². The highest BCUT2D eigenvalue weighted by Gasteiger charge is 2.15. The highest BCUT2D eigenvalue weighted by molar-refractivity contribution is 7.99. The molecule has 0 atom stereocenters. The number of rotatable bonds is 2. The van der Waals surface area contributed by atoms with Crippen LogP contribution in [0.15, 0.2) is 12.1 Å². The molecule has 1 aromatic rings. The molecule has 1 fully saturated rings. The second kappa shape index (κ2) is 5.04. The van der Waals surface area contributed by atoms with Crippen LogP contribution in [0, 0.1) is 18.6 Å². The van der Waals surface area contributed by atoms with Crippen molar-refractivity contribution >= 4 is 17.4 Å². The van der Waals surface area contributed by atoms with E-state index < -0.39 is 0 Å². The maximum Gasteiger partial charge on any atom is 0.146 e. The van der Waals surface area contributed by atoms with Crippen molar-refractivity contribution in [2.24, 2.45) is 0 Å². The molecule has 2 rings (SSSR count). The number of anilines is 1. The monoisotopic (exact) mass is 243 g/mol. The van der Waals surface area contributed by atoms with Crippen molar-refractivity contribution in [2.75, 3.05) is 16.8 Å². The lowest BCUT2D eigenvalue weighted by Gasteiger charge is -2.24. The third kappa shape index (κ3) is 2.67. The third-order valence-corrected chi connectivity index (χ3v) is 3.88. The lowest BCUT2D eigenvalue weighted by molar-refractivity contribution is 0.587. The normalized spacial score (nSPS) is 17.4. The number of hydrogen-bond donors (Lipinski definition) is 1. The Bertz CT molecular complexity index is 376. The summed E-state index contributed by atoms with van der Waals surface area (Å²) in [5.41, 5.74) is 0.641. The Labute approximate surface area is 98.6 Å². The molecule has 1 heterocycles. The topological polar surface area (TPSA) is 12.0 Å². The summed E-state index contributed by atoms with van der Waals surface area (Å²) in [6.45, 7) is 1.57. The molecule has 4 heteroatoms. The van der Waals surface area contributed by atoms with Crippen LogP contribution in [0.3, 0.4) is 0 Å². The standard InChI is InChI=1S/C12H15F2NS/c1-8-6-11(14)12(7-10(8)13)15-9-2-4-16-5-3-9/h6-7,9,15H,2-5H2,1H3. The second-order valence-corrected chi connectivity index (χ2v) is 5.34. The van der Waals surface area contributed by atoms with E-state index in [1.54, 1.807) is 6.92 Å². The predicted molar refractivity (Wildman–Crippen MR) is 65.1 cm³/mol. The first kappa shape index (κ1) is 11.7. The minimum absolute atomic E-state index is 0.276. The van der Waals surface area contributed by atoms with E-state index in [0.29, 0.717) is 11.3 Å². The molecule has 0 radical (unpaired) electrons. The zero-order chi connectivity index (χ0) is 11.5. The number of nitrogens with one attached hydrogen (secondary N) is 1. The van der Waals surface area contributed by atoms with Crippen LogP contribution in [0.25, 0.3) is 0 Å². The Kier molecular flexibility index (Phi) is 3.69. The van der Waals surface area contributed by atoms with E-state index in [4.69, 9.17) is 0 Å². The molecule has 1 nitrogen and oxygen atoms in total. The molecule has 0 spiro atoms. The number of thioether (sulfide) groups is 1. The van der Waals surface area contributed by atoms with E-state index in [1.165, 1.54) is 12.1 Å². The molecule has 1 aliphatic heterocycles. The van der Waals surface area contributed by atoms with Crippen molar-refractivity contribution in [3.8, 4) is 0 Å². The van der Waals surface area contributed by atoms with E-state index in [1.807, 2.05) is 11.8 Å². The quantitative estimate of drug-likeness (QED) is 0.852. The van der Waals surface area contributed by atoms with Gasteiger partial charge in [-0.2, -0.15) is 11.8 Å². The first-order chi connectivity index (χ1) is 7.66. The van der Waals surface area contributed by atoms with E-state index in [2.05, 4.69) is 5.32 Å². The van der Waals surface area contributed by atoms with Crippen molar-refractivity contribution in [3.63, 3.8) is 0 Å². The number of hydrogen-bond acceptors (Lipinski definition) is 2. The summed E-state index contributed by atoms with van der Waals surface area (Å²) in [6.07, 6.45) is 2.03. The third-order valence-electron chi connectivity index (χ3n) is 2.83. The zero-order valence-electron chi connectivity index (χ0n) is 9.22. The Morgan fingerprint density at radius 2 is 1.88 bits per heavy atom. The Morgan fingerprint density at radius 3 is 2.56 bits per heavy atom. The summed E-state index contributed by atoms with van der Waals surface area (Å²) in [7, 11) is 0. The van der Waals surface area contributed by atoms with Gasteiger partial charge in [0.05, 0.1) is 5.69 Å². The number of aryl methyl sites for hydroxylation is 1. The molecule has 16 heavy (non-hydrogen) atoms. The van der Waals surface area contributed by atoms with Crippen LogP contribution in [0.5, 0.6) is 0 Å². The molecule has 88 valence electrons. The van der Waals surface area contributed by atoms with Crippen LogP contribution >= 0.6 is 11.8 Å². The molecule has 0 unspecified atom stereocenters. The first-order valence-corrected chi connectivity index (χ1v) is 6.62. The summed E-state index contributed by atoms with van der Waals surface area (Å²) >= 11 is 1.91. The summed E-state index contributed by atoms with van der Waals surface area (Å²) < 4.78 is 26.9. The molecule has 1 aromatic carbocycles. The Morgan fingerprint density at radius 1 is 1.19 bits per heavy atom. The lowest BCUT2D eigenvalue weighted by atomic mass is 10.1. The fourth-order valence-corrected chi connectivity index (χ4v) is 2.93. The van der Waals surface area contributed by atoms with Crippen molar-refractivity contribution in [1.29, 1.82) is 0 Å². The van der Waals surface area contributed by atoms with Gasteiger partial charge in [0.1, 0.15) is 11.6 Å². The first-order valence-electron chi connectivity index (χ1n) is 5.47. The van der Waals surface area contributed by atoms with Crippen molar-refractivity contribution in [1.82, 2.24) is 0 Å². The molecule has 0 amide bonds. The summed E-state index contributed by atoms with van der Waals surface area (Å²) in [4.78, 5) is 0. The van der Waals surface area contributed by atoms with Gasteiger partial charge in [-0.25, -0.2) is 8.78 Å². The van der Waals surface area contributed by atoms with Crippen molar-refractivity contribution in [3.05, 3.63) is 29.3 Å². The number of benzene rings is 1. The average molecular weight is 243 g/mol. The van der Waals surface area contributed by atoms with Gasteiger partial charge in [-0.05, 0) is 42.9 Å². The average Bonchev–Trinajstić information content (AvgIpc) is 2.27. The maximum atomic E-state index is 13.6.